The number of anilines is 2. The van der Waals surface area contributed by atoms with Crippen LogP contribution in [-0.4, -0.2) is 15.5 Å². The lowest BCUT2D eigenvalue weighted by molar-refractivity contribution is -0.115. The molecule has 0 saturated heterocycles. The van der Waals surface area contributed by atoms with Crippen molar-refractivity contribution in [3.8, 4) is 0 Å². The number of nitrogens with one attached hydrogen (secondary N) is 1. The molecule has 1 amide bonds. The van der Waals surface area contributed by atoms with Crippen LogP contribution in [0.3, 0.4) is 0 Å². The summed E-state index contributed by atoms with van der Waals surface area (Å²) in [5, 5.41) is 2.80. The summed E-state index contributed by atoms with van der Waals surface area (Å²) in [6.07, 6.45) is 0.462. The van der Waals surface area contributed by atoms with Gasteiger partial charge in [0.2, 0.25) is 11.9 Å². The van der Waals surface area contributed by atoms with Gasteiger partial charge in [0.1, 0.15) is 0 Å². The molecule has 0 aliphatic rings. The Morgan fingerprint density at radius 1 is 1.47 bits per heavy atom. The normalized spacial score (nSPS) is 10.7. The molecular weight excluding hydrogens is 216 g/mol. The minimum atomic E-state index is -0.00718. The zero-order valence-electron chi connectivity index (χ0n) is 10.0. The van der Waals surface area contributed by atoms with Crippen molar-refractivity contribution in [1.29, 1.82) is 0 Å². The fourth-order valence-corrected chi connectivity index (χ4v) is 1.81. The maximum absolute atomic E-state index is 11.3. The van der Waals surface area contributed by atoms with Crippen LogP contribution in [0.1, 0.15) is 20.3 Å². The second-order valence-electron chi connectivity index (χ2n) is 3.82. The lowest BCUT2D eigenvalue weighted by Crippen LogP contribution is -2.09. The molecule has 0 aliphatic heterocycles. The van der Waals surface area contributed by atoms with Crippen LogP contribution in [0.15, 0.2) is 18.2 Å². The van der Waals surface area contributed by atoms with Crippen molar-refractivity contribution in [1.82, 2.24) is 9.55 Å². The average Bonchev–Trinajstić information content (AvgIpc) is 2.63. The predicted octanol–water partition coefficient (Wildman–Crippen LogP) is 1.99. The van der Waals surface area contributed by atoms with E-state index < -0.39 is 0 Å². The minimum absolute atomic E-state index is 0.00718. The Morgan fingerprint density at radius 3 is 2.88 bits per heavy atom. The van der Waals surface area contributed by atoms with Gasteiger partial charge in [-0.2, -0.15) is 0 Å². The van der Waals surface area contributed by atoms with Crippen molar-refractivity contribution in [2.24, 2.45) is 0 Å². The van der Waals surface area contributed by atoms with Gasteiger partial charge in [-0.1, -0.05) is 6.92 Å². The maximum Gasteiger partial charge on any atom is 0.224 e. The lowest BCUT2D eigenvalue weighted by Gasteiger charge is -2.04. The van der Waals surface area contributed by atoms with Gasteiger partial charge in [0.05, 0.1) is 11.0 Å². The molecule has 1 heterocycles. The smallest absolute Gasteiger partial charge is 0.224 e. The molecule has 1 aromatic carbocycles. The number of carbonyl (C=O) groups is 1. The van der Waals surface area contributed by atoms with E-state index in [4.69, 9.17) is 5.73 Å². The van der Waals surface area contributed by atoms with Gasteiger partial charge in [-0.25, -0.2) is 4.98 Å². The summed E-state index contributed by atoms with van der Waals surface area (Å²) in [5.74, 6) is 0.494. The van der Waals surface area contributed by atoms with Gasteiger partial charge >= 0.3 is 0 Å². The average molecular weight is 232 g/mol. The molecule has 2 rings (SSSR count). The van der Waals surface area contributed by atoms with E-state index >= 15 is 0 Å². The number of aryl methyl sites for hydroxylation is 1. The molecule has 0 aliphatic carbocycles. The summed E-state index contributed by atoms with van der Waals surface area (Å²) in [7, 11) is 0. The summed E-state index contributed by atoms with van der Waals surface area (Å²) < 4.78 is 1.93. The molecule has 0 saturated carbocycles. The molecule has 17 heavy (non-hydrogen) atoms. The number of aromatic nitrogens is 2. The predicted molar refractivity (Wildman–Crippen MR) is 68.7 cm³/mol. The Hall–Kier alpha value is -2.04. The Balaban J connectivity index is 2.41. The number of rotatable bonds is 3. The number of nitrogens with zero attached hydrogens (tertiary/aromatic N) is 2. The van der Waals surface area contributed by atoms with Crippen LogP contribution < -0.4 is 11.1 Å². The molecule has 1 aromatic heterocycles. The molecule has 0 radical (unpaired) electrons. The number of carbonyl (C=O) groups excluding carboxylic acids is 1. The number of hydrogen-bond donors (Lipinski definition) is 2. The number of nitrogen functional groups attached to an aromatic ring is 1. The van der Waals surface area contributed by atoms with Crippen LogP contribution in [0.25, 0.3) is 11.0 Å². The summed E-state index contributed by atoms with van der Waals surface area (Å²) in [4.78, 5) is 15.6. The van der Waals surface area contributed by atoms with E-state index in [1.54, 1.807) is 0 Å². The van der Waals surface area contributed by atoms with Crippen LogP contribution in [0.2, 0.25) is 0 Å². The number of benzene rings is 1. The zero-order chi connectivity index (χ0) is 12.4. The first-order valence-corrected chi connectivity index (χ1v) is 5.71. The minimum Gasteiger partial charge on any atom is -0.369 e. The Bertz CT molecular complexity index is 559. The highest BCUT2D eigenvalue weighted by Gasteiger charge is 2.07. The van der Waals surface area contributed by atoms with Crippen molar-refractivity contribution < 1.29 is 4.79 Å². The molecule has 0 atom stereocenters. The molecule has 5 nitrogen and oxygen atoms in total. The Morgan fingerprint density at radius 2 is 2.24 bits per heavy atom. The van der Waals surface area contributed by atoms with Crippen molar-refractivity contribution >= 4 is 28.6 Å². The summed E-state index contributed by atoms with van der Waals surface area (Å²) in [6, 6.07) is 5.63. The van der Waals surface area contributed by atoms with E-state index in [9.17, 15) is 4.79 Å². The first-order chi connectivity index (χ1) is 8.15. The zero-order valence-corrected chi connectivity index (χ0v) is 10.0. The fourth-order valence-electron chi connectivity index (χ4n) is 1.81. The van der Waals surface area contributed by atoms with Gasteiger partial charge in [-0.05, 0) is 25.1 Å². The van der Waals surface area contributed by atoms with Gasteiger partial charge in [-0.3, -0.25) is 4.79 Å². The molecule has 2 aromatic rings. The molecule has 3 N–H and O–H groups in total. The van der Waals surface area contributed by atoms with E-state index in [1.807, 2.05) is 36.6 Å². The van der Waals surface area contributed by atoms with Gasteiger partial charge in [0, 0.05) is 18.7 Å². The molecule has 0 fully saturated rings. The summed E-state index contributed by atoms with van der Waals surface area (Å²) in [6.45, 7) is 4.62. The van der Waals surface area contributed by atoms with E-state index in [0.29, 0.717) is 12.4 Å². The third-order valence-electron chi connectivity index (χ3n) is 2.70. The second-order valence-corrected chi connectivity index (χ2v) is 3.82. The number of nitrogens with two attached hydrogens (primary N) is 1. The summed E-state index contributed by atoms with van der Waals surface area (Å²) in [5.41, 5.74) is 8.35. The maximum atomic E-state index is 11.3. The van der Waals surface area contributed by atoms with E-state index in [0.717, 1.165) is 23.3 Å². The molecule has 0 unspecified atom stereocenters. The van der Waals surface area contributed by atoms with Crippen molar-refractivity contribution in [2.75, 3.05) is 11.1 Å². The van der Waals surface area contributed by atoms with Crippen LogP contribution in [0.4, 0.5) is 11.6 Å². The van der Waals surface area contributed by atoms with Crippen LogP contribution in [-0.2, 0) is 11.3 Å². The largest absolute Gasteiger partial charge is 0.369 e. The monoisotopic (exact) mass is 232 g/mol. The van der Waals surface area contributed by atoms with E-state index in [-0.39, 0.29) is 5.91 Å². The highest BCUT2D eigenvalue weighted by atomic mass is 16.1. The highest BCUT2D eigenvalue weighted by molar-refractivity contribution is 5.93. The van der Waals surface area contributed by atoms with Crippen molar-refractivity contribution in [3.63, 3.8) is 0 Å². The molecule has 5 heteroatoms. The standard InChI is InChI=1S/C12H16N4O/c1-3-11(17)14-8-5-6-10-9(7-8)15-12(13)16(10)4-2/h5-7H,3-4H2,1-2H3,(H2,13,15)(H,14,17). The fraction of sp³-hybridized carbons (Fsp3) is 0.333. The third kappa shape index (κ3) is 2.08. The molecular formula is C12H16N4O. The van der Waals surface area contributed by atoms with Crippen molar-refractivity contribution in [3.05, 3.63) is 18.2 Å². The third-order valence-corrected chi connectivity index (χ3v) is 2.70. The van der Waals surface area contributed by atoms with Crippen LogP contribution in [0, 0.1) is 0 Å². The number of imidazole rings is 1. The van der Waals surface area contributed by atoms with Crippen LogP contribution >= 0.6 is 0 Å². The Kier molecular flexibility index (Phi) is 2.99. The number of fused-ring (bicyclic) bond motifs is 1. The van der Waals surface area contributed by atoms with Crippen molar-refractivity contribution in [2.45, 2.75) is 26.8 Å². The van der Waals surface area contributed by atoms with Gasteiger partial charge in [-0.15, -0.1) is 0 Å². The first kappa shape index (κ1) is 11.4. The van der Waals surface area contributed by atoms with Gasteiger partial charge < -0.3 is 15.6 Å². The first-order valence-electron chi connectivity index (χ1n) is 5.71. The van der Waals surface area contributed by atoms with Gasteiger partial charge in [0.15, 0.2) is 0 Å². The quantitative estimate of drug-likeness (QED) is 0.849. The topological polar surface area (TPSA) is 72.9 Å². The lowest BCUT2D eigenvalue weighted by atomic mass is 10.2. The van der Waals surface area contributed by atoms with E-state index in [1.165, 1.54) is 0 Å². The highest BCUT2D eigenvalue weighted by Crippen LogP contribution is 2.21. The second kappa shape index (κ2) is 4.45. The number of hydrogen-bond acceptors (Lipinski definition) is 3. The van der Waals surface area contributed by atoms with Gasteiger partial charge in [0.25, 0.3) is 0 Å². The van der Waals surface area contributed by atoms with E-state index in [2.05, 4.69) is 10.3 Å². The molecule has 90 valence electrons. The van der Waals surface area contributed by atoms with Crippen LogP contribution in [0.5, 0.6) is 0 Å². The molecule has 0 bridgehead atoms. The number of amides is 1. The summed E-state index contributed by atoms with van der Waals surface area (Å²) >= 11 is 0. The molecule has 0 spiro atoms. The SMILES string of the molecule is CCC(=O)Nc1ccc2c(c1)nc(N)n2CC. The Labute approximate surface area is 99.6 Å².